The molecule has 9 heteroatoms. The van der Waals surface area contributed by atoms with Gasteiger partial charge in [0.05, 0.1) is 10.9 Å². The number of hydrogen-bond donors (Lipinski definition) is 1. The van der Waals surface area contributed by atoms with Crippen LogP contribution in [0.25, 0.3) is 22.4 Å². The zero-order chi connectivity index (χ0) is 20.7. The van der Waals surface area contributed by atoms with E-state index in [9.17, 15) is 14.4 Å². The van der Waals surface area contributed by atoms with E-state index < -0.39 is 17.2 Å². The minimum atomic E-state index is -0.498. The summed E-state index contributed by atoms with van der Waals surface area (Å²) in [6, 6.07) is 8.75. The van der Waals surface area contributed by atoms with Gasteiger partial charge in [-0.2, -0.15) is 0 Å². The number of nitrogens with zero attached hydrogens (tertiary/aromatic N) is 5. The molecule has 0 spiro atoms. The fourth-order valence-corrected chi connectivity index (χ4v) is 3.17. The van der Waals surface area contributed by atoms with E-state index in [1.165, 1.54) is 30.9 Å². The van der Waals surface area contributed by atoms with Gasteiger partial charge < -0.3 is 9.88 Å². The summed E-state index contributed by atoms with van der Waals surface area (Å²) in [6.07, 6.45) is 4.89. The Bertz CT molecular complexity index is 1380. The maximum absolute atomic E-state index is 12.7. The second-order valence-electron chi connectivity index (χ2n) is 6.70. The highest BCUT2D eigenvalue weighted by atomic mass is 16.2. The third-order valence-electron chi connectivity index (χ3n) is 4.76. The van der Waals surface area contributed by atoms with E-state index >= 15 is 0 Å². The highest BCUT2D eigenvalue weighted by Crippen LogP contribution is 2.21. The van der Waals surface area contributed by atoms with Crippen molar-refractivity contribution < 1.29 is 4.79 Å². The van der Waals surface area contributed by atoms with Gasteiger partial charge in [-0.1, -0.05) is 12.1 Å². The van der Waals surface area contributed by atoms with Gasteiger partial charge in [0.25, 0.3) is 11.5 Å². The number of amides is 1. The standard InChI is InChI=1S/C20H18N6O3/c1-24-8-7-21-16(24)12-5-4-6-14(9-12)23-18(27)13-10-15-17(22-11-13)25(2)20(29)26(3)19(15)28/h4-11H,1-3H3,(H,23,27). The normalized spacial score (nSPS) is 11.0. The summed E-state index contributed by atoms with van der Waals surface area (Å²) in [5.74, 6) is 0.366. The summed E-state index contributed by atoms with van der Waals surface area (Å²) in [5, 5.41) is 3.01. The number of carbonyl (C=O) groups excluding carboxylic acids is 1. The Balaban J connectivity index is 1.69. The molecule has 0 bridgehead atoms. The predicted molar refractivity (Wildman–Crippen MR) is 109 cm³/mol. The lowest BCUT2D eigenvalue weighted by Gasteiger charge is -2.10. The minimum Gasteiger partial charge on any atom is -0.334 e. The first-order valence-corrected chi connectivity index (χ1v) is 8.81. The molecule has 0 saturated heterocycles. The van der Waals surface area contributed by atoms with Crippen LogP contribution in [0, 0.1) is 0 Å². The topological polar surface area (TPSA) is 104 Å². The molecule has 0 fully saturated rings. The number of aryl methyl sites for hydroxylation is 2. The Morgan fingerprint density at radius 3 is 2.55 bits per heavy atom. The summed E-state index contributed by atoms with van der Waals surface area (Å²) in [5.41, 5.74) is 0.919. The molecule has 4 rings (SSSR count). The molecule has 1 N–H and O–H groups in total. The van der Waals surface area contributed by atoms with E-state index in [0.29, 0.717) is 5.69 Å². The lowest BCUT2D eigenvalue weighted by atomic mass is 10.1. The predicted octanol–water partition coefficient (Wildman–Crippen LogP) is 1.28. The van der Waals surface area contributed by atoms with E-state index in [2.05, 4.69) is 15.3 Å². The number of imidazole rings is 1. The first-order chi connectivity index (χ1) is 13.9. The molecule has 1 aromatic carbocycles. The third-order valence-corrected chi connectivity index (χ3v) is 4.76. The van der Waals surface area contributed by atoms with Gasteiger partial charge in [-0.15, -0.1) is 0 Å². The molecule has 0 unspecified atom stereocenters. The molecule has 9 nitrogen and oxygen atoms in total. The molecule has 29 heavy (non-hydrogen) atoms. The van der Waals surface area contributed by atoms with Crippen LogP contribution in [0.2, 0.25) is 0 Å². The van der Waals surface area contributed by atoms with Crippen LogP contribution in [0.1, 0.15) is 10.4 Å². The summed E-state index contributed by atoms with van der Waals surface area (Å²) < 4.78 is 4.14. The quantitative estimate of drug-likeness (QED) is 0.568. The van der Waals surface area contributed by atoms with Crippen molar-refractivity contribution in [1.29, 1.82) is 0 Å². The second kappa shape index (κ2) is 6.86. The maximum Gasteiger partial charge on any atom is 0.332 e. The Labute approximate surface area is 164 Å². The lowest BCUT2D eigenvalue weighted by molar-refractivity contribution is 0.102. The van der Waals surface area contributed by atoms with E-state index in [1.54, 1.807) is 12.3 Å². The van der Waals surface area contributed by atoms with Crippen LogP contribution in [0.3, 0.4) is 0 Å². The van der Waals surface area contributed by atoms with E-state index in [-0.39, 0.29) is 16.6 Å². The zero-order valence-corrected chi connectivity index (χ0v) is 16.1. The molecule has 3 aromatic heterocycles. The number of anilines is 1. The summed E-state index contributed by atoms with van der Waals surface area (Å²) in [6.45, 7) is 0. The first-order valence-electron chi connectivity index (χ1n) is 8.81. The number of pyridine rings is 1. The number of carbonyl (C=O) groups is 1. The SMILES string of the molecule is Cn1ccnc1-c1cccc(NC(=O)c2cnc3c(c2)c(=O)n(C)c(=O)n3C)c1. The van der Waals surface area contributed by atoms with Crippen LogP contribution >= 0.6 is 0 Å². The van der Waals surface area contributed by atoms with Crippen LogP contribution in [-0.2, 0) is 21.1 Å². The molecular weight excluding hydrogens is 372 g/mol. The second-order valence-corrected chi connectivity index (χ2v) is 6.70. The molecule has 0 saturated carbocycles. The van der Waals surface area contributed by atoms with Crippen LogP contribution in [0.4, 0.5) is 5.69 Å². The van der Waals surface area contributed by atoms with Gasteiger partial charge in [-0.05, 0) is 18.2 Å². The Kier molecular flexibility index (Phi) is 4.34. The van der Waals surface area contributed by atoms with Gasteiger partial charge in [0.1, 0.15) is 11.5 Å². The Hall–Kier alpha value is -4.01. The third kappa shape index (κ3) is 3.12. The van der Waals surface area contributed by atoms with Crippen molar-refractivity contribution >= 4 is 22.6 Å². The number of rotatable bonds is 3. The average Bonchev–Trinajstić information content (AvgIpc) is 3.16. The van der Waals surface area contributed by atoms with Crippen molar-refractivity contribution in [3.05, 3.63) is 75.3 Å². The number of fused-ring (bicyclic) bond motifs is 1. The van der Waals surface area contributed by atoms with Crippen LogP contribution in [-0.4, -0.2) is 29.6 Å². The van der Waals surface area contributed by atoms with Crippen LogP contribution in [0.5, 0.6) is 0 Å². The smallest absolute Gasteiger partial charge is 0.332 e. The molecule has 0 aliphatic rings. The van der Waals surface area contributed by atoms with Crippen molar-refractivity contribution in [3.63, 3.8) is 0 Å². The fraction of sp³-hybridized carbons (Fsp3) is 0.150. The minimum absolute atomic E-state index is 0.198. The number of aromatic nitrogens is 5. The van der Waals surface area contributed by atoms with Crippen molar-refractivity contribution in [2.24, 2.45) is 21.1 Å². The molecule has 0 radical (unpaired) electrons. The van der Waals surface area contributed by atoms with Crippen molar-refractivity contribution in [3.8, 4) is 11.4 Å². The van der Waals surface area contributed by atoms with Crippen LogP contribution < -0.4 is 16.6 Å². The monoisotopic (exact) mass is 390 g/mol. The van der Waals surface area contributed by atoms with Gasteiger partial charge in [0.15, 0.2) is 0 Å². The lowest BCUT2D eigenvalue weighted by Crippen LogP contribution is -2.37. The summed E-state index contributed by atoms with van der Waals surface area (Å²) in [7, 11) is 4.81. The Morgan fingerprint density at radius 2 is 1.83 bits per heavy atom. The molecule has 1 amide bonds. The van der Waals surface area contributed by atoms with Crippen molar-refractivity contribution in [2.45, 2.75) is 0 Å². The molecule has 146 valence electrons. The van der Waals surface area contributed by atoms with Gasteiger partial charge in [0.2, 0.25) is 0 Å². The van der Waals surface area contributed by atoms with Crippen molar-refractivity contribution in [2.75, 3.05) is 5.32 Å². The highest BCUT2D eigenvalue weighted by Gasteiger charge is 2.14. The first kappa shape index (κ1) is 18.4. The molecule has 0 atom stereocenters. The van der Waals surface area contributed by atoms with E-state index in [0.717, 1.165) is 16.0 Å². The average molecular weight is 390 g/mol. The van der Waals surface area contributed by atoms with Gasteiger partial charge in [-0.3, -0.25) is 18.7 Å². The largest absolute Gasteiger partial charge is 0.334 e. The highest BCUT2D eigenvalue weighted by molar-refractivity contribution is 6.05. The summed E-state index contributed by atoms with van der Waals surface area (Å²) >= 11 is 0. The summed E-state index contributed by atoms with van der Waals surface area (Å²) in [4.78, 5) is 45.6. The number of nitrogens with one attached hydrogen (secondary N) is 1. The van der Waals surface area contributed by atoms with Crippen molar-refractivity contribution in [1.82, 2.24) is 23.7 Å². The van der Waals surface area contributed by atoms with Gasteiger partial charge in [-0.25, -0.2) is 14.8 Å². The molecular formula is C20H18N6O3. The maximum atomic E-state index is 12.7. The Morgan fingerprint density at radius 1 is 1.03 bits per heavy atom. The van der Waals surface area contributed by atoms with Crippen LogP contribution in [0.15, 0.2) is 58.5 Å². The molecule has 0 aliphatic heterocycles. The zero-order valence-electron chi connectivity index (χ0n) is 16.1. The molecule has 4 aromatic rings. The van der Waals surface area contributed by atoms with Gasteiger partial charge >= 0.3 is 5.69 Å². The number of benzene rings is 1. The molecule has 3 heterocycles. The number of hydrogen-bond acceptors (Lipinski definition) is 5. The fourth-order valence-electron chi connectivity index (χ4n) is 3.17. The molecule has 0 aliphatic carbocycles. The van der Waals surface area contributed by atoms with E-state index in [4.69, 9.17) is 0 Å². The van der Waals surface area contributed by atoms with E-state index in [1.807, 2.05) is 36.0 Å². The van der Waals surface area contributed by atoms with Gasteiger partial charge in [0, 0.05) is 51.0 Å².